The van der Waals surface area contributed by atoms with Gasteiger partial charge in [0.25, 0.3) is 0 Å². The number of hydrogen-bond acceptors (Lipinski definition) is 1. The van der Waals surface area contributed by atoms with Crippen LogP contribution >= 0.6 is 39.1 Å². The van der Waals surface area contributed by atoms with Crippen LogP contribution in [0, 0.1) is 5.82 Å². The maximum atomic E-state index is 13.6. The summed E-state index contributed by atoms with van der Waals surface area (Å²) in [5, 5.41) is 4.24. The monoisotopic (exact) mass is 389 g/mol. The lowest BCUT2D eigenvalue weighted by Crippen LogP contribution is -2.23. The Kier molecular flexibility index (Phi) is 6.06. The summed E-state index contributed by atoms with van der Waals surface area (Å²) in [6, 6.07) is 10.7. The highest BCUT2D eigenvalue weighted by molar-refractivity contribution is 9.10. The minimum Gasteiger partial charge on any atom is -0.310 e. The van der Waals surface area contributed by atoms with Crippen molar-refractivity contribution < 1.29 is 4.39 Å². The first-order valence-electron chi connectivity index (χ1n) is 6.63. The highest BCUT2D eigenvalue weighted by Gasteiger charge is 2.15. The molecule has 0 heterocycles. The van der Waals surface area contributed by atoms with Crippen molar-refractivity contribution >= 4 is 39.1 Å². The molecule has 2 aromatic rings. The first kappa shape index (κ1) is 16.8. The van der Waals surface area contributed by atoms with Crippen LogP contribution < -0.4 is 5.32 Å². The molecular weight excluding hydrogens is 376 g/mol. The van der Waals surface area contributed by atoms with E-state index >= 15 is 0 Å². The molecule has 1 unspecified atom stereocenters. The minimum absolute atomic E-state index is 0.0715. The molecule has 1 N–H and O–H groups in total. The normalized spacial score (nSPS) is 12.4. The standard InChI is InChI=1S/C16H15BrCl2FN/c1-2-21-16(12-5-4-11(18)9-13(12)17)8-10-3-6-14(19)15(20)7-10/h3-7,9,16,21H,2,8H2,1H3. The van der Waals surface area contributed by atoms with Gasteiger partial charge in [-0.2, -0.15) is 0 Å². The van der Waals surface area contributed by atoms with Crippen LogP contribution in [0.5, 0.6) is 0 Å². The second-order valence-corrected chi connectivity index (χ2v) is 6.43. The summed E-state index contributed by atoms with van der Waals surface area (Å²) in [6.07, 6.45) is 0.669. The van der Waals surface area contributed by atoms with Gasteiger partial charge in [0.1, 0.15) is 5.82 Å². The molecule has 0 aromatic heterocycles. The Balaban J connectivity index is 2.28. The van der Waals surface area contributed by atoms with Crippen molar-refractivity contribution in [3.63, 3.8) is 0 Å². The van der Waals surface area contributed by atoms with Gasteiger partial charge < -0.3 is 5.32 Å². The molecule has 0 aliphatic rings. The quantitative estimate of drug-likeness (QED) is 0.681. The molecule has 0 bridgehead atoms. The largest absolute Gasteiger partial charge is 0.310 e. The van der Waals surface area contributed by atoms with Crippen LogP contribution in [0.2, 0.25) is 10.0 Å². The second kappa shape index (κ2) is 7.59. The molecule has 1 nitrogen and oxygen atoms in total. The van der Waals surface area contributed by atoms with E-state index in [-0.39, 0.29) is 16.9 Å². The third-order valence-electron chi connectivity index (χ3n) is 3.21. The van der Waals surface area contributed by atoms with E-state index in [4.69, 9.17) is 23.2 Å². The molecule has 2 rings (SSSR count). The lowest BCUT2D eigenvalue weighted by Gasteiger charge is -2.20. The van der Waals surface area contributed by atoms with Crippen LogP contribution in [0.4, 0.5) is 4.39 Å². The Bertz CT molecular complexity index is 634. The van der Waals surface area contributed by atoms with Crippen LogP contribution in [-0.2, 0) is 6.42 Å². The van der Waals surface area contributed by atoms with Gasteiger partial charge in [0.15, 0.2) is 0 Å². The van der Waals surface area contributed by atoms with E-state index in [1.807, 2.05) is 31.2 Å². The minimum atomic E-state index is -0.389. The summed E-state index contributed by atoms with van der Waals surface area (Å²) in [6.45, 7) is 2.86. The average molecular weight is 391 g/mol. The van der Waals surface area contributed by atoms with Crippen molar-refractivity contribution in [2.75, 3.05) is 6.54 Å². The van der Waals surface area contributed by atoms with E-state index in [2.05, 4.69) is 21.2 Å². The molecule has 0 aliphatic heterocycles. The average Bonchev–Trinajstić information content (AvgIpc) is 2.42. The van der Waals surface area contributed by atoms with Crippen LogP contribution in [-0.4, -0.2) is 6.54 Å². The smallest absolute Gasteiger partial charge is 0.142 e. The number of hydrogen-bond donors (Lipinski definition) is 1. The Hall–Kier alpha value is -0.610. The molecule has 0 radical (unpaired) electrons. The van der Waals surface area contributed by atoms with Crippen LogP contribution in [0.3, 0.4) is 0 Å². The highest BCUT2D eigenvalue weighted by atomic mass is 79.9. The molecule has 0 aliphatic carbocycles. The molecule has 112 valence electrons. The summed E-state index contributed by atoms with van der Waals surface area (Å²) in [5.41, 5.74) is 1.99. The van der Waals surface area contributed by atoms with Gasteiger partial charge in [0, 0.05) is 15.5 Å². The van der Waals surface area contributed by atoms with Crippen molar-refractivity contribution in [3.8, 4) is 0 Å². The van der Waals surface area contributed by atoms with Crippen LogP contribution in [0.1, 0.15) is 24.1 Å². The van der Waals surface area contributed by atoms with Crippen molar-refractivity contribution in [1.29, 1.82) is 0 Å². The number of halogens is 4. The second-order valence-electron chi connectivity index (χ2n) is 4.73. The zero-order valence-electron chi connectivity index (χ0n) is 11.5. The van der Waals surface area contributed by atoms with Gasteiger partial charge in [0.05, 0.1) is 5.02 Å². The predicted molar refractivity (Wildman–Crippen MR) is 90.7 cm³/mol. The lowest BCUT2D eigenvalue weighted by atomic mass is 9.98. The van der Waals surface area contributed by atoms with E-state index in [9.17, 15) is 4.39 Å². The maximum absolute atomic E-state index is 13.6. The molecule has 2 aromatic carbocycles. The summed E-state index contributed by atoms with van der Waals surface area (Å²) < 4.78 is 14.5. The summed E-state index contributed by atoms with van der Waals surface area (Å²) in [7, 11) is 0. The third-order valence-corrected chi connectivity index (χ3v) is 4.44. The van der Waals surface area contributed by atoms with Gasteiger partial charge in [-0.3, -0.25) is 0 Å². The van der Waals surface area contributed by atoms with Gasteiger partial charge in [-0.1, -0.05) is 58.2 Å². The van der Waals surface area contributed by atoms with Gasteiger partial charge in [-0.25, -0.2) is 4.39 Å². The Labute approximate surface area is 142 Å². The third kappa shape index (κ3) is 4.43. The van der Waals surface area contributed by atoms with Gasteiger partial charge >= 0.3 is 0 Å². The van der Waals surface area contributed by atoms with Crippen molar-refractivity contribution in [2.45, 2.75) is 19.4 Å². The topological polar surface area (TPSA) is 12.0 Å². The van der Waals surface area contributed by atoms with Crippen molar-refractivity contribution in [3.05, 3.63) is 67.9 Å². The van der Waals surface area contributed by atoms with Crippen LogP contribution in [0.25, 0.3) is 0 Å². The zero-order chi connectivity index (χ0) is 15.4. The van der Waals surface area contributed by atoms with Crippen molar-refractivity contribution in [1.82, 2.24) is 5.32 Å². The molecule has 21 heavy (non-hydrogen) atoms. The first-order valence-corrected chi connectivity index (χ1v) is 8.18. The van der Waals surface area contributed by atoms with Gasteiger partial charge in [0.2, 0.25) is 0 Å². The van der Waals surface area contributed by atoms with Crippen molar-refractivity contribution in [2.24, 2.45) is 0 Å². The van der Waals surface area contributed by atoms with Crippen LogP contribution in [0.15, 0.2) is 40.9 Å². The Morgan fingerprint density at radius 2 is 1.95 bits per heavy atom. The maximum Gasteiger partial charge on any atom is 0.142 e. The summed E-state index contributed by atoms with van der Waals surface area (Å²) >= 11 is 15.2. The summed E-state index contributed by atoms with van der Waals surface area (Å²) in [5.74, 6) is -0.389. The molecule has 1 atom stereocenters. The Morgan fingerprint density at radius 3 is 2.57 bits per heavy atom. The van der Waals surface area contributed by atoms with Gasteiger partial charge in [-0.05, 0) is 48.4 Å². The molecule has 0 amide bonds. The summed E-state index contributed by atoms with van der Waals surface area (Å²) in [4.78, 5) is 0. The van der Waals surface area contributed by atoms with E-state index < -0.39 is 0 Å². The Morgan fingerprint density at radius 1 is 1.19 bits per heavy atom. The fraction of sp³-hybridized carbons (Fsp3) is 0.250. The number of nitrogens with one attached hydrogen (secondary N) is 1. The van der Waals surface area contributed by atoms with E-state index in [1.165, 1.54) is 6.07 Å². The fourth-order valence-electron chi connectivity index (χ4n) is 2.22. The number of benzene rings is 2. The van der Waals surface area contributed by atoms with E-state index in [1.54, 1.807) is 6.07 Å². The highest BCUT2D eigenvalue weighted by Crippen LogP contribution is 2.29. The van der Waals surface area contributed by atoms with E-state index in [0.29, 0.717) is 11.4 Å². The number of rotatable bonds is 5. The molecule has 0 spiro atoms. The molecular formula is C16H15BrCl2FN. The van der Waals surface area contributed by atoms with Gasteiger partial charge in [-0.15, -0.1) is 0 Å². The fourth-order valence-corrected chi connectivity index (χ4v) is 3.30. The molecule has 0 fully saturated rings. The lowest BCUT2D eigenvalue weighted by molar-refractivity contribution is 0.545. The molecule has 0 saturated heterocycles. The zero-order valence-corrected chi connectivity index (χ0v) is 14.6. The SMILES string of the molecule is CCNC(Cc1ccc(Cl)c(F)c1)c1ccc(Cl)cc1Br. The first-order chi connectivity index (χ1) is 10.0. The van der Waals surface area contributed by atoms with E-state index in [0.717, 1.165) is 22.1 Å². The molecule has 0 saturated carbocycles. The molecule has 5 heteroatoms. The number of likely N-dealkylation sites (N-methyl/N-ethyl adjacent to an activating group) is 1. The predicted octanol–water partition coefficient (Wildman–Crippen LogP) is 5.79.